The molecule has 0 aliphatic heterocycles. The molecule has 0 aliphatic carbocycles. The molecule has 0 radical (unpaired) electrons. The third-order valence-corrected chi connectivity index (χ3v) is 4.17. The number of halogens is 3. The van der Waals surface area contributed by atoms with Gasteiger partial charge in [0.25, 0.3) is 0 Å². The lowest BCUT2D eigenvalue weighted by molar-refractivity contribution is -0.142. The summed E-state index contributed by atoms with van der Waals surface area (Å²) in [5, 5.41) is 3.18. The quantitative estimate of drug-likeness (QED) is 0.525. The van der Waals surface area contributed by atoms with Gasteiger partial charge in [0.2, 0.25) is 6.29 Å². The lowest BCUT2D eigenvalue weighted by atomic mass is 10.1. The molecule has 5 nitrogen and oxygen atoms in total. The Morgan fingerprint density at radius 2 is 1.72 bits per heavy atom. The van der Waals surface area contributed by atoms with E-state index in [0.29, 0.717) is 18.9 Å². The van der Waals surface area contributed by atoms with Crippen molar-refractivity contribution in [1.29, 1.82) is 0 Å². The highest BCUT2D eigenvalue weighted by Gasteiger charge is 2.25. The predicted molar refractivity (Wildman–Crippen MR) is 111 cm³/mol. The van der Waals surface area contributed by atoms with Crippen LogP contribution in [0.4, 0.5) is 14.5 Å². The summed E-state index contributed by atoms with van der Waals surface area (Å²) in [4.78, 5) is 4.33. The van der Waals surface area contributed by atoms with Gasteiger partial charge in [-0.2, -0.15) is 0 Å². The Morgan fingerprint density at radius 1 is 1.10 bits per heavy atom. The van der Waals surface area contributed by atoms with E-state index in [1.807, 2.05) is 34.6 Å². The van der Waals surface area contributed by atoms with Crippen molar-refractivity contribution < 1.29 is 23.0 Å². The summed E-state index contributed by atoms with van der Waals surface area (Å²) in [7, 11) is 1.29. The van der Waals surface area contributed by atoms with Gasteiger partial charge in [-0.1, -0.05) is 11.6 Å². The summed E-state index contributed by atoms with van der Waals surface area (Å²) in [6.45, 7) is 10.0. The van der Waals surface area contributed by atoms with Crippen LogP contribution in [0.5, 0.6) is 5.75 Å². The number of rotatable bonds is 8. The summed E-state index contributed by atoms with van der Waals surface area (Å²) < 4.78 is 46.6. The minimum absolute atomic E-state index is 0.0747. The molecule has 160 valence electrons. The van der Waals surface area contributed by atoms with Gasteiger partial charge in [0, 0.05) is 24.3 Å². The molecule has 1 aromatic heterocycles. The third kappa shape index (κ3) is 5.56. The average Bonchev–Trinajstić information content (AvgIpc) is 2.63. The first-order valence-electron chi connectivity index (χ1n) is 9.37. The van der Waals surface area contributed by atoms with Crippen LogP contribution in [0.3, 0.4) is 0 Å². The van der Waals surface area contributed by atoms with Gasteiger partial charge >= 0.3 is 0 Å². The summed E-state index contributed by atoms with van der Waals surface area (Å²) in [6, 6.07) is 4.32. The van der Waals surface area contributed by atoms with E-state index in [9.17, 15) is 4.39 Å². The van der Waals surface area contributed by atoms with Crippen LogP contribution in [-0.2, 0) is 9.47 Å². The molecule has 0 fully saturated rings. The van der Waals surface area contributed by atoms with Crippen molar-refractivity contribution in [2.75, 3.05) is 25.6 Å². The second-order valence-electron chi connectivity index (χ2n) is 7.32. The Morgan fingerprint density at radius 3 is 2.24 bits per heavy atom. The number of nitrogens with zero attached hydrogens (tertiary/aromatic N) is 1. The largest absolute Gasteiger partial charge is 0.492 e. The van der Waals surface area contributed by atoms with E-state index in [2.05, 4.69) is 10.3 Å². The Balaban J connectivity index is 2.73. The molecule has 0 amide bonds. The van der Waals surface area contributed by atoms with Gasteiger partial charge in [0.15, 0.2) is 17.4 Å². The maximum atomic E-state index is 15.4. The molecule has 0 spiro atoms. The molecule has 29 heavy (non-hydrogen) atoms. The Kier molecular flexibility index (Phi) is 7.80. The molecule has 0 bridgehead atoms. The van der Waals surface area contributed by atoms with Crippen molar-refractivity contribution >= 4 is 17.3 Å². The number of nitrogens with one attached hydrogen (secondary N) is 1. The first kappa shape index (κ1) is 23.3. The van der Waals surface area contributed by atoms with Crippen LogP contribution in [0.1, 0.15) is 46.6 Å². The number of hydrogen-bond donors (Lipinski definition) is 1. The van der Waals surface area contributed by atoms with Crippen LogP contribution in [0, 0.1) is 11.6 Å². The minimum Gasteiger partial charge on any atom is -0.492 e. The molecule has 1 N–H and O–H groups in total. The van der Waals surface area contributed by atoms with Gasteiger partial charge in [0.1, 0.15) is 5.69 Å². The number of pyridine rings is 1. The molecule has 0 unspecified atom stereocenters. The predicted octanol–water partition coefficient (Wildman–Crippen LogP) is 5.97. The van der Waals surface area contributed by atoms with Crippen LogP contribution < -0.4 is 10.1 Å². The van der Waals surface area contributed by atoms with E-state index in [1.54, 1.807) is 0 Å². The molecule has 0 atom stereocenters. The Bertz CT molecular complexity index is 851. The van der Waals surface area contributed by atoms with Crippen LogP contribution in [0.25, 0.3) is 11.3 Å². The fourth-order valence-corrected chi connectivity index (χ4v) is 2.99. The first-order chi connectivity index (χ1) is 13.6. The van der Waals surface area contributed by atoms with E-state index in [0.717, 1.165) is 0 Å². The van der Waals surface area contributed by atoms with E-state index >= 15 is 4.39 Å². The van der Waals surface area contributed by atoms with Crippen LogP contribution in [0.15, 0.2) is 18.2 Å². The molecular formula is C21H27ClF2N2O3. The third-order valence-electron chi connectivity index (χ3n) is 3.87. The first-order valence-corrected chi connectivity index (χ1v) is 9.74. The maximum absolute atomic E-state index is 15.4. The molecule has 1 aromatic carbocycles. The number of anilines is 1. The minimum atomic E-state index is -0.817. The number of hydrogen-bond acceptors (Lipinski definition) is 5. The Hall–Kier alpha value is -1.96. The lowest BCUT2D eigenvalue weighted by Crippen LogP contribution is -2.27. The second kappa shape index (κ2) is 9.69. The summed E-state index contributed by atoms with van der Waals surface area (Å²) >= 11 is 5.98. The zero-order chi connectivity index (χ0) is 21.8. The maximum Gasteiger partial charge on any atom is 0.201 e. The molecule has 2 aromatic rings. The van der Waals surface area contributed by atoms with E-state index in [-0.39, 0.29) is 27.7 Å². The van der Waals surface area contributed by atoms with E-state index in [4.69, 9.17) is 25.8 Å². The molecule has 2 rings (SSSR count). The van der Waals surface area contributed by atoms with Crippen LogP contribution >= 0.6 is 11.6 Å². The summed E-state index contributed by atoms with van der Waals surface area (Å²) in [5.74, 6) is -1.67. The fourth-order valence-electron chi connectivity index (χ4n) is 2.77. The van der Waals surface area contributed by atoms with Gasteiger partial charge in [-0.25, -0.2) is 13.8 Å². The summed E-state index contributed by atoms with van der Waals surface area (Å²) in [5.41, 5.74) is -0.222. The van der Waals surface area contributed by atoms with Gasteiger partial charge in [0.05, 0.1) is 23.5 Å². The fraction of sp³-hybridized carbons (Fsp3) is 0.476. The SMILES string of the molecule is CCOC(OCC)c1cc(NC(C)(C)C)c(F)c(-c2ccc(Cl)c(OC)c2F)n1. The smallest absolute Gasteiger partial charge is 0.201 e. The zero-order valence-corrected chi connectivity index (χ0v) is 18.3. The van der Waals surface area contributed by atoms with Gasteiger partial charge in [-0.05, 0) is 52.8 Å². The zero-order valence-electron chi connectivity index (χ0n) is 17.5. The normalized spacial score (nSPS) is 11.8. The van der Waals surface area contributed by atoms with Gasteiger partial charge < -0.3 is 19.5 Å². The van der Waals surface area contributed by atoms with E-state index < -0.39 is 23.5 Å². The van der Waals surface area contributed by atoms with Crippen molar-refractivity contribution in [3.8, 4) is 17.0 Å². The van der Waals surface area contributed by atoms with Crippen LogP contribution in [0.2, 0.25) is 5.02 Å². The number of methoxy groups -OCH3 is 1. The average molecular weight is 429 g/mol. The monoisotopic (exact) mass is 428 g/mol. The van der Waals surface area contributed by atoms with Crippen molar-refractivity contribution in [1.82, 2.24) is 4.98 Å². The second-order valence-corrected chi connectivity index (χ2v) is 7.72. The number of aromatic nitrogens is 1. The molecular weight excluding hydrogens is 402 g/mol. The Labute approximate surface area is 175 Å². The standard InChI is InChI=1S/C21H27ClF2N2O3/c1-7-28-20(29-8-2)15-11-14(26-21(3,4)5)17(24)18(25-15)12-9-10-13(22)19(27-6)16(12)23/h9-11,20H,7-8H2,1-6H3,(H,25,26). The summed E-state index contributed by atoms with van der Waals surface area (Å²) in [6.07, 6.45) is -0.817. The van der Waals surface area contributed by atoms with Crippen molar-refractivity contribution in [3.05, 3.63) is 40.6 Å². The van der Waals surface area contributed by atoms with Crippen molar-refractivity contribution in [3.63, 3.8) is 0 Å². The highest BCUT2D eigenvalue weighted by Crippen LogP contribution is 2.38. The van der Waals surface area contributed by atoms with Gasteiger partial charge in [-0.15, -0.1) is 0 Å². The molecule has 8 heteroatoms. The van der Waals surface area contributed by atoms with Gasteiger partial charge in [-0.3, -0.25) is 0 Å². The topological polar surface area (TPSA) is 52.6 Å². The highest BCUT2D eigenvalue weighted by molar-refractivity contribution is 6.32. The van der Waals surface area contributed by atoms with Crippen LogP contribution in [-0.4, -0.2) is 30.8 Å². The van der Waals surface area contributed by atoms with Crippen molar-refractivity contribution in [2.45, 2.75) is 46.4 Å². The highest BCUT2D eigenvalue weighted by atomic mass is 35.5. The van der Waals surface area contributed by atoms with E-state index in [1.165, 1.54) is 25.3 Å². The number of benzene rings is 1. The molecule has 1 heterocycles. The molecule has 0 saturated heterocycles. The molecule has 0 saturated carbocycles. The van der Waals surface area contributed by atoms with Crippen molar-refractivity contribution in [2.24, 2.45) is 0 Å². The molecule has 0 aliphatic rings. The lowest BCUT2D eigenvalue weighted by Gasteiger charge is -2.25. The number of ether oxygens (including phenoxy) is 3.